The minimum atomic E-state index is 0.428. The third-order valence-electron chi connectivity index (χ3n) is 6.79. The van der Waals surface area contributed by atoms with Crippen molar-refractivity contribution in [2.75, 3.05) is 50.4 Å². The Morgan fingerprint density at radius 1 is 1.06 bits per heavy atom. The third kappa shape index (κ3) is 4.61. The summed E-state index contributed by atoms with van der Waals surface area (Å²) in [6.07, 6.45) is 8.92. The van der Waals surface area contributed by atoms with Crippen LogP contribution in [0.2, 0.25) is 0 Å². The Balaban J connectivity index is 1.35. The van der Waals surface area contributed by atoms with Gasteiger partial charge in [-0.1, -0.05) is 30.3 Å². The molecule has 172 valence electrons. The van der Waals surface area contributed by atoms with Crippen molar-refractivity contribution in [1.82, 2.24) is 24.4 Å². The molecule has 2 saturated heterocycles. The normalized spacial score (nSPS) is 17.5. The molecule has 0 amide bonds. The number of nitrogens with zero attached hydrogens (tertiary/aromatic N) is 7. The molecule has 0 saturated carbocycles. The van der Waals surface area contributed by atoms with Gasteiger partial charge in [0.15, 0.2) is 0 Å². The Morgan fingerprint density at radius 2 is 1.85 bits per heavy atom. The van der Waals surface area contributed by atoms with Crippen LogP contribution in [0, 0.1) is 0 Å². The second-order valence-electron chi connectivity index (χ2n) is 8.88. The minimum Gasteiger partial charge on any atom is -0.383 e. The van der Waals surface area contributed by atoms with E-state index in [-0.39, 0.29) is 0 Å². The van der Waals surface area contributed by atoms with Gasteiger partial charge < -0.3 is 20.1 Å². The van der Waals surface area contributed by atoms with Crippen molar-refractivity contribution in [3.8, 4) is 11.3 Å². The van der Waals surface area contributed by atoms with Gasteiger partial charge in [0.1, 0.15) is 23.8 Å². The average Bonchev–Trinajstić information content (AvgIpc) is 3.24. The maximum atomic E-state index is 6.10. The average molecular weight is 445 g/mol. The first-order chi connectivity index (χ1) is 16.2. The Kier molecular flexibility index (Phi) is 6.35. The van der Waals surface area contributed by atoms with Crippen LogP contribution < -0.4 is 10.6 Å². The number of nitrogens with two attached hydrogens (primary N) is 1. The number of aromatic nitrogens is 4. The highest BCUT2D eigenvalue weighted by molar-refractivity contribution is 5.91. The molecule has 3 aromatic rings. The molecule has 2 aliphatic heterocycles. The summed E-state index contributed by atoms with van der Waals surface area (Å²) < 4.78 is 2.40. The van der Waals surface area contributed by atoms with E-state index in [2.05, 4.69) is 65.9 Å². The van der Waals surface area contributed by atoms with Gasteiger partial charge in [-0.15, -0.1) is 0 Å². The first kappa shape index (κ1) is 21.6. The third-order valence-corrected chi connectivity index (χ3v) is 6.79. The maximum absolute atomic E-state index is 6.10. The standard InChI is InChI=1S/C25H32N8/c1-27-16-21-23(26)28-18-29-25(21)32-12-8-20(9-13-32)24-30-22(19-6-3-2-4-7-19)17-33(24)15-14-31-10-5-11-31/h2-4,6-7,16-18,20H,5,8-15H2,1H3,(H2,26,28,29). The van der Waals surface area contributed by atoms with E-state index in [0.29, 0.717) is 11.7 Å². The largest absolute Gasteiger partial charge is 0.383 e. The lowest BCUT2D eigenvalue weighted by molar-refractivity contribution is 0.173. The Labute approximate surface area is 195 Å². The smallest absolute Gasteiger partial charge is 0.142 e. The maximum Gasteiger partial charge on any atom is 0.142 e. The fourth-order valence-corrected chi connectivity index (χ4v) is 4.79. The summed E-state index contributed by atoms with van der Waals surface area (Å²) in [4.78, 5) is 22.8. The van der Waals surface area contributed by atoms with Crippen LogP contribution in [0.4, 0.5) is 11.6 Å². The van der Waals surface area contributed by atoms with E-state index in [1.165, 1.54) is 30.9 Å². The van der Waals surface area contributed by atoms with E-state index < -0.39 is 0 Å². The first-order valence-electron chi connectivity index (χ1n) is 11.9. The Hall–Kier alpha value is -3.26. The number of hydrogen-bond acceptors (Lipinski definition) is 7. The highest BCUT2D eigenvalue weighted by atomic mass is 15.2. The van der Waals surface area contributed by atoms with Gasteiger partial charge in [0.25, 0.3) is 0 Å². The summed E-state index contributed by atoms with van der Waals surface area (Å²) in [6.45, 7) is 6.35. The minimum absolute atomic E-state index is 0.428. The molecule has 0 radical (unpaired) electrons. The molecule has 0 bridgehead atoms. The second-order valence-corrected chi connectivity index (χ2v) is 8.88. The van der Waals surface area contributed by atoms with Crippen LogP contribution in [-0.2, 0) is 6.54 Å². The fourth-order valence-electron chi connectivity index (χ4n) is 4.79. The van der Waals surface area contributed by atoms with Crippen LogP contribution in [0.5, 0.6) is 0 Å². The molecular weight excluding hydrogens is 412 g/mol. The zero-order valence-electron chi connectivity index (χ0n) is 19.3. The highest BCUT2D eigenvalue weighted by Crippen LogP contribution is 2.32. The van der Waals surface area contributed by atoms with E-state index >= 15 is 0 Å². The molecule has 2 N–H and O–H groups in total. The summed E-state index contributed by atoms with van der Waals surface area (Å²) in [5.74, 6) is 2.99. The van der Waals surface area contributed by atoms with Crippen molar-refractivity contribution in [2.24, 2.45) is 4.99 Å². The van der Waals surface area contributed by atoms with Gasteiger partial charge in [-0.05, 0) is 32.4 Å². The molecule has 2 aliphatic rings. The molecule has 8 heteroatoms. The summed E-state index contributed by atoms with van der Waals surface area (Å²) in [6, 6.07) is 10.5. The predicted molar refractivity (Wildman–Crippen MR) is 133 cm³/mol. The predicted octanol–water partition coefficient (Wildman–Crippen LogP) is 3.06. The lowest BCUT2D eigenvalue weighted by Gasteiger charge is -2.34. The van der Waals surface area contributed by atoms with Crippen LogP contribution in [-0.4, -0.2) is 70.4 Å². The number of piperidine rings is 1. The van der Waals surface area contributed by atoms with E-state index in [1.807, 2.05) is 0 Å². The van der Waals surface area contributed by atoms with Crippen molar-refractivity contribution in [3.63, 3.8) is 0 Å². The number of likely N-dealkylation sites (tertiary alicyclic amines) is 1. The summed E-state index contributed by atoms with van der Waals surface area (Å²) in [5, 5.41) is 0. The van der Waals surface area contributed by atoms with Gasteiger partial charge in [0.2, 0.25) is 0 Å². The SMILES string of the molecule is CN=Cc1c(N)ncnc1N1CCC(c2nc(-c3ccccc3)cn2CCN2CCC2)CC1. The topological polar surface area (TPSA) is 88.5 Å². The van der Waals surface area contributed by atoms with Crippen LogP contribution in [0.3, 0.4) is 0 Å². The molecule has 4 heterocycles. The molecule has 1 aromatic carbocycles. The van der Waals surface area contributed by atoms with Crippen LogP contribution in [0.15, 0.2) is 47.8 Å². The van der Waals surface area contributed by atoms with Crippen molar-refractivity contribution in [1.29, 1.82) is 0 Å². The lowest BCUT2D eigenvalue weighted by Crippen LogP contribution is -2.39. The van der Waals surface area contributed by atoms with Crippen LogP contribution in [0.1, 0.15) is 36.6 Å². The number of hydrogen-bond donors (Lipinski definition) is 1. The molecule has 0 atom stereocenters. The van der Waals surface area contributed by atoms with Crippen molar-refractivity contribution in [3.05, 3.63) is 54.2 Å². The Bertz CT molecular complexity index is 1090. The molecule has 2 fully saturated rings. The number of anilines is 2. The van der Waals surface area contributed by atoms with Crippen LogP contribution in [0.25, 0.3) is 11.3 Å². The van der Waals surface area contributed by atoms with E-state index in [0.717, 1.165) is 56.1 Å². The number of rotatable bonds is 7. The van der Waals surface area contributed by atoms with Gasteiger partial charge in [-0.2, -0.15) is 0 Å². The van der Waals surface area contributed by atoms with Crippen molar-refractivity contribution >= 4 is 17.9 Å². The summed E-state index contributed by atoms with van der Waals surface area (Å²) in [5.41, 5.74) is 9.15. The van der Waals surface area contributed by atoms with Crippen molar-refractivity contribution < 1.29 is 0 Å². The molecule has 0 aliphatic carbocycles. The quantitative estimate of drug-likeness (QED) is 0.564. The van der Waals surface area contributed by atoms with E-state index in [4.69, 9.17) is 10.7 Å². The zero-order chi connectivity index (χ0) is 22.6. The molecule has 0 unspecified atom stereocenters. The van der Waals surface area contributed by atoms with Gasteiger partial charge in [-0.25, -0.2) is 15.0 Å². The Morgan fingerprint density at radius 3 is 2.55 bits per heavy atom. The second kappa shape index (κ2) is 9.70. The fraction of sp³-hybridized carbons (Fsp3) is 0.440. The molecule has 0 spiro atoms. The number of nitrogen functional groups attached to an aromatic ring is 1. The summed E-state index contributed by atoms with van der Waals surface area (Å²) in [7, 11) is 1.74. The van der Waals surface area contributed by atoms with Gasteiger partial charge in [-0.3, -0.25) is 4.99 Å². The highest BCUT2D eigenvalue weighted by Gasteiger charge is 2.27. The molecular formula is C25H32N8. The van der Waals surface area contributed by atoms with Crippen LogP contribution >= 0.6 is 0 Å². The monoisotopic (exact) mass is 444 g/mol. The molecule has 8 nitrogen and oxygen atoms in total. The molecule has 5 rings (SSSR count). The van der Waals surface area contributed by atoms with Gasteiger partial charge >= 0.3 is 0 Å². The molecule has 33 heavy (non-hydrogen) atoms. The van der Waals surface area contributed by atoms with Gasteiger partial charge in [0.05, 0.1) is 11.3 Å². The summed E-state index contributed by atoms with van der Waals surface area (Å²) >= 11 is 0. The van der Waals surface area contributed by atoms with Crippen molar-refractivity contribution in [2.45, 2.75) is 31.7 Å². The number of benzene rings is 1. The first-order valence-corrected chi connectivity index (χ1v) is 11.9. The number of imidazole rings is 1. The van der Waals surface area contributed by atoms with E-state index in [1.54, 1.807) is 19.6 Å². The number of aliphatic imine (C=N–C) groups is 1. The van der Waals surface area contributed by atoms with E-state index in [9.17, 15) is 0 Å². The lowest BCUT2D eigenvalue weighted by atomic mass is 9.95. The van der Waals surface area contributed by atoms with Gasteiger partial charge in [0, 0.05) is 57.1 Å². The zero-order valence-corrected chi connectivity index (χ0v) is 19.3. The molecule has 2 aromatic heterocycles.